The van der Waals surface area contributed by atoms with Gasteiger partial charge in [0, 0.05) is 31.7 Å². The molecule has 25 heavy (non-hydrogen) atoms. The van der Waals surface area contributed by atoms with Crippen molar-refractivity contribution in [3.63, 3.8) is 0 Å². The Morgan fingerprint density at radius 2 is 1.60 bits per heavy atom. The van der Waals surface area contributed by atoms with Gasteiger partial charge in [-0.15, -0.1) is 0 Å². The van der Waals surface area contributed by atoms with Gasteiger partial charge in [0.2, 0.25) is 0 Å². The van der Waals surface area contributed by atoms with Gasteiger partial charge in [0.05, 0.1) is 11.2 Å². The summed E-state index contributed by atoms with van der Waals surface area (Å²) >= 11 is 0. The fourth-order valence-corrected chi connectivity index (χ4v) is 3.04. The fraction of sp³-hybridized carbons (Fsp3) is 0.611. The van der Waals surface area contributed by atoms with Crippen LogP contribution in [0.25, 0.3) is 0 Å². The first-order valence-corrected chi connectivity index (χ1v) is 8.73. The molecule has 5 nitrogen and oxygen atoms in total. The van der Waals surface area contributed by atoms with Crippen LogP contribution in [0.1, 0.15) is 38.1 Å². The predicted octanol–water partition coefficient (Wildman–Crippen LogP) is 1.51. The number of nitrogens with zero attached hydrogens (tertiary/aromatic N) is 2. The Hall–Kier alpha value is -1.44. The highest BCUT2D eigenvalue weighted by Gasteiger charge is 2.51. The number of benzene rings is 1. The van der Waals surface area contributed by atoms with E-state index in [4.69, 9.17) is 9.31 Å². The maximum atomic E-state index is 14.2. The summed E-state index contributed by atoms with van der Waals surface area (Å²) < 4.78 is 26.1. The SMILES string of the molecule is CN1CCN(C(=O)c2cc(F)cc(B3OC(C)(C)C(C)(C)O3)c2)CC1. The highest BCUT2D eigenvalue weighted by atomic mass is 19.1. The average Bonchev–Trinajstić information content (AvgIpc) is 2.75. The van der Waals surface area contributed by atoms with Crippen molar-refractivity contribution in [2.45, 2.75) is 38.9 Å². The Kier molecular flexibility index (Phi) is 4.68. The van der Waals surface area contributed by atoms with E-state index in [1.165, 1.54) is 12.1 Å². The number of halogens is 1. The zero-order valence-electron chi connectivity index (χ0n) is 15.6. The molecule has 0 atom stereocenters. The van der Waals surface area contributed by atoms with E-state index in [0.29, 0.717) is 24.1 Å². The molecule has 7 heteroatoms. The minimum atomic E-state index is -0.681. The smallest absolute Gasteiger partial charge is 0.399 e. The van der Waals surface area contributed by atoms with Crippen molar-refractivity contribution in [2.75, 3.05) is 33.2 Å². The standard InChI is InChI=1S/C18H26BFN2O3/c1-17(2)18(3,4)25-19(24-17)14-10-13(11-15(20)12-14)16(23)22-8-6-21(5)7-9-22/h10-12H,6-9H2,1-5H3. The largest absolute Gasteiger partial charge is 0.494 e. The van der Waals surface area contributed by atoms with Gasteiger partial charge in [-0.25, -0.2) is 4.39 Å². The molecular formula is C18H26BFN2O3. The summed E-state index contributed by atoms with van der Waals surface area (Å²) in [5.74, 6) is -0.602. The molecule has 0 aliphatic carbocycles. The molecule has 2 fully saturated rings. The lowest BCUT2D eigenvalue weighted by atomic mass is 9.78. The van der Waals surface area contributed by atoms with Gasteiger partial charge < -0.3 is 19.1 Å². The van der Waals surface area contributed by atoms with Gasteiger partial charge in [-0.3, -0.25) is 4.79 Å². The molecule has 136 valence electrons. The topological polar surface area (TPSA) is 42.0 Å². The molecule has 1 amide bonds. The van der Waals surface area contributed by atoms with E-state index in [-0.39, 0.29) is 5.91 Å². The third-order valence-electron chi connectivity index (χ3n) is 5.48. The summed E-state index contributed by atoms with van der Waals surface area (Å²) in [6.07, 6.45) is 0. The van der Waals surface area contributed by atoms with Crippen molar-refractivity contribution >= 4 is 18.5 Å². The van der Waals surface area contributed by atoms with Gasteiger partial charge in [0.15, 0.2) is 0 Å². The highest BCUT2D eigenvalue weighted by molar-refractivity contribution is 6.62. The quantitative estimate of drug-likeness (QED) is 0.760. The average molecular weight is 348 g/mol. The van der Waals surface area contributed by atoms with Crippen LogP contribution in [-0.4, -0.2) is 67.3 Å². The lowest BCUT2D eigenvalue weighted by Gasteiger charge is -2.32. The summed E-state index contributed by atoms with van der Waals surface area (Å²) in [6, 6.07) is 4.35. The molecule has 0 N–H and O–H groups in total. The number of hydrogen-bond donors (Lipinski definition) is 0. The maximum Gasteiger partial charge on any atom is 0.494 e. The molecule has 0 radical (unpaired) electrons. The Labute approximate surface area is 149 Å². The molecule has 2 aliphatic rings. The Morgan fingerprint density at radius 3 is 2.16 bits per heavy atom. The summed E-state index contributed by atoms with van der Waals surface area (Å²) in [4.78, 5) is 16.7. The van der Waals surface area contributed by atoms with Crippen LogP contribution in [0.5, 0.6) is 0 Å². The maximum absolute atomic E-state index is 14.2. The molecule has 1 aromatic rings. The first-order valence-electron chi connectivity index (χ1n) is 8.73. The van der Waals surface area contributed by atoms with E-state index in [9.17, 15) is 9.18 Å². The molecule has 0 spiro atoms. The third-order valence-corrected chi connectivity index (χ3v) is 5.48. The molecule has 3 rings (SSSR count). The van der Waals surface area contributed by atoms with Crippen molar-refractivity contribution in [1.29, 1.82) is 0 Å². The second-order valence-electron chi connectivity index (χ2n) is 7.96. The van der Waals surface area contributed by atoms with Crippen LogP contribution in [0.15, 0.2) is 18.2 Å². The zero-order valence-corrected chi connectivity index (χ0v) is 15.6. The molecule has 2 aliphatic heterocycles. The number of carbonyl (C=O) groups excluding carboxylic acids is 1. The molecular weight excluding hydrogens is 322 g/mol. The fourth-order valence-electron chi connectivity index (χ4n) is 3.04. The number of likely N-dealkylation sites (N-methyl/N-ethyl adjacent to an activating group) is 1. The van der Waals surface area contributed by atoms with Gasteiger partial charge in [-0.05, 0) is 58.4 Å². The van der Waals surface area contributed by atoms with Gasteiger partial charge in [-0.2, -0.15) is 0 Å². The Bertz CT molecular complexity index is 656. The van der Waals surface area contributed by atoms with Crippen molar-refractivity contribution in [2.24, 2.45) is 0 Å². The highest BCUT2D eigenvalue weighted by Crippen LogP contribution is 2.36. The van der Waals surface area contributed by atoms with E-state index in [1.54, 1.807) is 11.0 Å². The van der Waals surface area contributed by atoms with Crippen molar-refractivity contribution < 1.29 is 18.5 Å². The number of rotatable bonds is 2. The summed E-state index contributed by atoms with van der Waals surface area (Å²) in [7, 11) is 1.35. The van der Waals surface area contributed by atoms with Crippen LogP contribution >= 0.6 is 0 Å². The molecule has 2 saturated heterocycles. The second-order valence-corrected chi connectivity index (χ2v) is 7.96. The van der Waals surface area contributed by atoms with Crippen LogP contribution in [0, 0.1) is 5.82 Å². The zero-order chi connectivity index (χ0) is 18.4. The van der Waals surface area contributed by atoms with Crippen LogP contribution < -0.4 is 5.46 Å². The number of hydrogen-bond acceptors (Lipinski definition) is 4. The van der Waals surface area contributed by atoms with Gasteiger partial charge in [0.25, 0.3) is 5.91 Å². The molecule has 0 saturated carbocycles. The lowest BCUT2D eigenvalue weighted by Crippen LogP contribution is -2.47. The van der Waals surface area contributed by atoms with Crippen molar-refractivity contribution in [1.82, 2.24) is 9.80 Å². The summed E-state index contributed by atoms with van der Waals surface area (Å²) in [6.45, 7) is 10.7. The number of piperazine rings is 1. The summed E-state index contributed by atoms with van der Waals surface area (Å²) in [5.41, 5.74) is -0.137. The second kappa shape index (κ2) is 6.38. The van der Waals surface area contributed by atoms with Crippen LogP contribution in [-0.2, 0) is 9.31 Å². The normalized spacial score (nSPS) is 23.1. The summed E-state index contributed by atoms with van der Waals surface area (Å²) in [5, 5.41) is 0. The first-order chi connectivity index (χ1) is 11.6. The minimum Gasteiger partial charge on any atom is -0.399 e. The number of carbonyl (C=O) groups is 1. The van der Waals surface area contributed by atoms with E-state index in [1.807, 2.05) is 34.7 Å². The Balaban J connectivity index is 1.83. The van der Waals surface area contributed by atoms with Gasteiger partial charge >= 0.3 is 7.12 Å². The van der Waals surface area contributed by atoms with Crippen molar-refractivity contribution in [3.05, 3.63) is 29.6 Å². The van der Waals surface area contributed by atoms with E-state index in [0.717, 1.165) is 13.1 Å². The van der Waals surface area contributed by atoms with E-state index >= 15 is 0 Å². The van der Waals surface area contributed by atoms with Gasteiger partial charge in [0.1, 0.15) is 5.82 Å². The molecule has 1 aromatic carbocycles. The van der Waals surface area contributed by atoms with Crippen LogP contribution in [0.3, 0.4) is 0 Å². The Morgan fingerprint density at radius 1 is 1.04 bits per heavy atom. The number of amides is 1. The van der Waals surface area contributed by atoms with E-state index < -0.39 is 24.1 Å². The van der Waals surface area contributed by atoms with Crippen LogP contribution in [0.4, 0.5) is 4.39 Å². The molecule has 2 heterocycles. The lowest BCUT2D eigenvalue weighted by molar-refractivity contribution is 0.00578. The van der Waals surface area contributed by atoms with E-state index in [2.05, 4.69) is 4.90 Å². The third kappa shape index (κ3) is 3.59. The van der Waals surface area contributed by atoms with Gasteiger partial charge in [-0.1, -0.05) is 0 Å². The first kappa shape index (κ1) is 18.4. The monoisotopic (exact) mass is 348 g/mol. The molecule has 0 bridgehead atoms. The molecule has 0 aromatic heterocycles. The predicted molar refractivity (Wildman–Crippen MR) is 95.5 cm³/mol. The van der Waals surface area contributed by atoms with Crippen LogP contribution in [0.2, 0.25) is 0 Å². The van der Waals surface area contributed by atoms with Crippen molar-refractivity contribution in [3.8, 4) is 0 Å². The minimum absolute atomic E-state index is 0.148. The molecule has 0 unspecified atom stereocenters.